The number of quaternary nitrogens is 1. The van der Waals surface area contributed by atoms with Gasteiger partial charge in [0.25, 0.3) is 5.97 Å². The first kappa shape index (κ1) is 11.2. The van der Waals surface area contributed by atoms with E-state index in [-0.39, 0.29) is 0 Å². The van der Waals surface area contributed by atoms with Crippen molar-refractivity contribution in [1.82, 2.24) is 0 Å². The van der Waals surface area contributed by atoms with Crippen LogP contribution in [0.4, 0.5) is 0 Å². The van der Waals surface area contributed by atoms with E-state index in [9.17, 15) is 0 Å². The summed E-state index contributed by atoms with van der Waals surface area (Å²) >= 11 is 0. The zero-order valence-corrected chi connectivity index (χ0v) is 5.97. The summed E-state index contributed by atoms with van der Waals surface area (Å²) in [5.41, 5.74) is 0. The molecule has 0 aromatic heterocycles. The average molecular weight is 135 g/mol. The Bertz CT molecular complexity index is 69.8. The van der Waals surface area contributed by atoms with Crippen LogP contribution in [0, 0.1) is 0 Å². The van der Waals surface area contributed by atoms with Crippen LogP contribution in [0.3, 0.4) is 0 Å². The third kappa shape index (κ3) is 111. The lowest BCUT2D eigenvalue weighted by Gasteiger charge is -1.88. The quantitative estimate of drug-likeness (QED) is 0.408. The highest BCUT2D eigenvalue weighted by atomic mass is 16.4. The Morgan fingerprint density at radius 2 is 1.67 bits per heavy atom. The second kappa shape index (κ2) is 7.39. The van der Waals surface area contributed by atoms with Crippen LogP contribution < -0.4 is 10.0 Å². The second-order valence-corrected chi connectivity index (χ2v) is 2.04. The van der Waals surface area contributed by atoms with E-state index in [0.717, 1.165) is 0 Å². The molecular formula is C5H13NO3. The number of aliphatic carboxylic acids is 1. The Morgan fingerprint density at radius 3 is 1.67 bits per heavy atom. The number of hydrogen-bond donors (Lipinski definition) is 2. The zero-order chi connectivity index (χ0) is 7.86. The summed E-state index contributed by atoms with van der Waals surface area (Å²) < 4.78 is 0. The molecule has 0 aromatic rings. The SMILES string of the molecule is C[NH+](C)C.O=C(O)C[O-]. The molecule has 4 heteroatoms. The van der Waals surface area contributed by atoms with Crippen LogP contribution >= 0.6 is 0 Å². The van der Waals surface area contributed by atoms with Crippen molar-refractivity contribution < 1.29 is 19.9 Å². The molecule has 4 nitrogen and oxygen atoms in total. The van der Waals surface area contributed by atoms with Gasteiger partial charge >= 0.3 is 0 Å². The third-order valence-electron chi connectivity index (χ3n) is 0.123. The van der Waals surface area contributed by atoms with E-state index in [4.69, 9.17) is 15.0 Å². The lowest BCUT2D eigenvalue weighted by atomic mass is 10.8. The first-order valence-corrected chi connectivity index (χ1v) is 2.57. The van der Waals surface area contributed by atoms with Crippen LogP contribution in [0.5, 0.6) is 0 Å². The monoisotopic (exact) mass is 135 g/mol. The van der Waals surface area contributed by atoms with E-state index in [1.54, 1.807) is 0 Å². The molecule has 9 heavy (non-hydrogen) atoms. The van der Waals surface area contributed by atoms with E-state index in [1.807, 2.05) is 0 Å². The van der Waals surface area contributed by atoms with Gasteiger partial charge in [-0.15, -0.1) is 0 Å². The van der Waals surface area contributed by atoms with Gasteiger partial charge in [0, 0.05) is 0 Å². The Morgan fingerprint density at radius 1 is 1.56 bits per heavy atom. The summed E-state index contributed by atoms with van der Waals surface area (Å²) in [5.74, 6) is -1.30. The predicted octanol–water partition coefficient (Wildman–Crippen LogP) is -2.81. The van der Waals surface area contributed by atoms with E-state index in [0.29, 0.717) is 0 Å². The van der Waals surface area contributed by atoms with Gasteiger partial charge in [-0.05, 0) is 6.61 Å². The second-order valence-electron chi connectivity index (χ2n) is 2.04. The molecule has 0 aromatic carbocycles. The fourth-order valence-electron chi connectivity index (χ4n) is 0. The average Bonchev–Trinajstić information content (AvgIpc) is 1.65. The molecule has 2 N–H and O–H groups in total. The molecule has 0 amide bonds. The highest BCUT2D eigenvalue weighted by molar-refractivity contribution is 5.67. The summed E-state index contributed by atoms with van der Waals surface area (Å²) in [4.78, 5) is 10.5. The van der Waals surface area contributed by atoms with E-state index in [2.05, 4.69) is 21.1 Å². The topological polar surface area (TPSA) is 64.8 Å². The van der Waals surface area contributed by atoms with Crippen molar-refractivity contribution in [3.63, 3.8) is 0 Å². The predicted molar refractivity (Wildman–Crippen MR) is 31.2 cm³/mol. The van der Waals surface area contributed by atoms with Gasteiger partial charge in [-0.2, -0.15) is 0 Å². The number of nitrogens with one attached hydrogen (secondary N) is 1. The standard InChI is InChI=1S/C3H9N.C2H3O3/c1-4(2)3;3-1-2(4)5/h1-3H3;1H2,(H,4,5)/q;-1/p+1. The maximum Gasteiger partial charge on any atom is 0.286 e. The van der Waals surface area contributed by atoms with Crippen LogP contribution in [0.2, 0.25) is 0 Å². The third-order valence-corrected chi connectivity index (χ3v) is 0.123. The van der Waals surface area contributed by atoms with Crippen LogP contribution in [0.1, 0.15) is 0 Å². The Hall–Kier alpha value is -0.610. The summed E-state index contributed by atoms with van der Waals surface area (Å²) in [7, 11) is 6.25. The lowest BCUT2D eigenvalue weighted by Crippen LogP contribution is -3.02. The highest BCUT2D eigenvalue weighted by Gasteiger charge is 1.72. The maximum absolute atomic E-state index is 9.06. The van der Waals surface area contributed by atoms with Gasteiger partial charge in [0.15, 0.2) is 0 Å². The van der Waals surface area contributed by atoms with Gasteiger partial charge in [0.05, 0.1) is 21.1 Å². The van der Waals surface area contributed by atoms with Crippen molar-refractivity contribution in [1.29, 1.82) is 0 Å². The van der Waals surface area contributed by atoms with Crippen molar-refractivity contribution in [3.8, 4) is 0 Å². The number of carboxylic acids is 1. The molecule has 0 bridgehead atoms. The van der Waals surface area contributed by atoms with Gasteiger partial charge in [-0.1, -0.05) is 0 Å². The van der Waals surface area contributed by atoms with Gasteiger partial charge < -0.3 is 15.1 Å². The molecule has 0 heterocycles. The van der Waals surface area contributed by atoms with Crippen LogP contribution in [-0.4, -0.2) is 38.8 Å². The fourth-order valence-corrected chi connectivity index (χ4v) is 0. The minimum Gasteiger partial charge on any atom is -0.846 e. The largest absolute Gasteiger partial charge is 0.846 e. The van der Waals surface area contributed by atoms with Gasteiger partial charge in [-0.25, -0.2) is 0 Å². The summed E-state index contributed by atoms with van der Waals surface area (Å²) in [6.07, 6.45) is 0. The normalized spacial score (nSPS) is 8.11. The van der Waals surface area contributed by atoms with Crippen molar-refractivity contribution >= 4 is 5.97 Å². The zero-order valence-electron chi connectivity index (χ0n) is 5.97. The summed E-state index contributed by atoms with van der Waals surface area (Å²) in [6.45, 7) is -1.03. The van der Waals surface area contributed by atoms with Gasteiger partial charge in [0.2, 0.25) is 0 Å². The number of rotatable bonds is 1. The molecule has 0 saturated carbocycles. The molecule has 0 spiro atoms. The van der Waals surface area contributed by atoms with Crippen LogP contribution in [0.25, 0.3) is 0 Å². The molecule has 0 atom stereocenters. The molecule has 56 valence electrons. The number of carbonyl (C=O) groups is 1. The first-order valence-electron chi connectivity index (χ1n) is 2.57. The smallest absolute Gasteiger partial charge is 0.286 e. The maximum atomic E-state index is 9.06. The number of carboxylic acid groups (broad SMARTS) is 1. The molecule has 0 aliphatic heterocycles. The van der Waals surface area contributed by atoms with Crippen molar-refractivity contribution in [2.45, 2.75) is 0 Å². The minimum atomic E-state index is -1.30. The Kier molecular flexibility index (Phi) is 9.21. The molecular weight excluding hydrogens is 122 g/mol. The molecule has 0 radical (unpaired) electrons. The van der Waals surface area contributed by atoms with Gasteiger partial charge in [0.1, 0.15) is 0 Å². The molecule has 0 saturated heterocycles. The Balaban J connectivity index is 0. The molecule has 0 aliphatic carbocycles. The van der Waals surface area contributed by atoms with E-state index in [1.165, 1.54) is 4.90 Å². The molecule has 0 unspecified atom stereocenters. The minimum absolute atomic E-state index is 1.03. The molecule has 0 fully saturated rings. The summed E-state index contributed by atoms with van der Waals surface area (Å²) in [6, 6.07) is 0. The van der Waals surface area contributed by atoms with Crippen LogP contribution in [-0.2, 0) is 4.79 Å². The van der Waals surface area contributed by atoms with Gasteiger partial charge in [-0.3, -0.25) is 4.79 Å². The van der Waals surface area contributed by atoms with Crippen molar-refractivity contribution in [2.75, 3.05) is 27.7 Å². The highest BCUT2D eigenvalue weighted by Crippen LogP contribution is 1.43. The Labute approximate surface area is 54.7 Å². The molecule has 0 aliphatic rings. The first-order chi connectivity index (χ1) is 4.00. The lowest BCUT2D eigenvalue weighted by molar-refractivity contribution is -0.836. The van der Waals surface area contributed by atoms with E-state index < -0.39 is 12.6 Å². The van der Waals surface area contributed by atoms with Crippen LogP contribution in [0.15, 0.2) is 0 Å². The molecule has 0 rings (SSSR count). The van der Waals surface area contributed by atoms with E-state index >= 15 is 0 Å². The fraction of sp³-hybridized carbons (Fsp3) is 0.800. The summed E-state index contributed by atoms with van der Waals surface area (Å²) in [5, 5.41) is 16.4. The van der Waals surface area contributed by atoms with Crippen molar-refractivity contribution in [3.05, 3.63) is 0 Å². The number of hydrogen-bond acceptors (Lipinski definition) is 2. The van der Waals surface area contributed by atoms with Crippen molar-refractivity contribution in [2.24, 2.45) is 0 Å².